The molecule has 0 aromatic rings. The Morgan fingerprint density at radius 2 is 0.500 bits per heavy atom. The monoisotopic (exact) mass is 927 g/mol. The van der Waals surface area contributed by atoms with Crippen LogP contribution in [0.2, 0.25) is 0 Å². The molecule has 0 unspecified atom stereocenters. The number of rotatable bonds is 53. The lowest BCUT2D eigenvalue weighted by atomic mass is 10.1. The number of carbonyl (C=O) groups excluding carboxylic acids is 3. The zero-order valence-corrected chi connectivity index (χ0v) is 44.2. The second-order valence-corrected chi connectivity index (χ2v) is 19.5. The Labute approximate surface area is 410 Å². The van der Waals surface area contributed by atoms with E-state index in [9.17, 15) is 14.4 Å². The minimum Gasteiger partial charge on any atom is -0.462 e. The molecule has 0 aromatic heterocycles. The fourth-order valence-corrected chi connectivity index (χ4v) is 8.43. The number of ether oxygens (including phenoxy) is 3. The summed E-state index contributed by atoms with van der Waals surface area (Å²) in [6.45, 7) is 6.64. The van der Waals surface area contributed by atoms with Crippen LogP contribution in [0.5, 0.6) is 0 Å². The summed E-state index contributed by atoms with van der Waals surface area (Å²) in [5.41, 5.74) is 0. The summed E-state index contributed by atoms with van der Waals surface area (Å²) in [6.07, 6.45) is 65.6. The van der Waals surface area contributed by atoms with Crippen LogP contribution in [0.25, 0.3) is 0 Å². The fourth-order valence-electron chi connectivity index (χ4n) is 8.43. The molecule has 1 atom stereocenters. The van der Waals surface area contributed by atoms with Gasteiger partial charge < -0.3 is 14.2 Å². The van der Waals surface area contributed by atoms with Crippen molar-refractivity contribution >= 4 is 17.9 Å². The van der Waals surface area contributed by atoms with Crippen molar-refractivity contribution in [2.75, 3.05) is 13.2 Å². The summed E-state index contributed by atoms with van der Waals surface area (Å²) in [4.78, 5) is 38.1. The lowest BCUT2D eigenvalue weighted by Gasteiger charge is -2.18. The van der Waals surface area contributed by atoms with Crippen LogP contribution in [0.4, 0.5) is 0 Å². The Morgan fingerprint density at radius 1 is 0.288 bits per heavy atom. The average molecular weight is 928 g/mol. The predicted octanol–water partition coefficient (Wildman–Crippen LogP) is 19.3. The molecule has 0 aliphatic heterocycles. The molecule has 0 amide bonds. The summed E-state index contributed by atoms with van der Waals surface area (Å²) in [7, 11) is 0. The van der Waals surface area contributed by atoms with Gasteiger partial charge in [0.1, 0.15) is 13.2 Å². The van der Waals surface area contributed by atoms with Crippen LogP contribution in [0.1, 0.15) is 310 Å². The lowest BCUT2D eigenvalue weighted by Crippen LogP contribution is -2.30. The smallest absolute Gasteiger partial charge is 0.306 e. The second-order valence-electron chi connectivity index (χ2n) is 19.5. The van der Waals surface area contributed by atoms with E-state index in [1.807, 2.05) is 0 Å². The van der Waals surface area contributed by atoms with Gasteiger partial charge in [-0.1, -0.05) is 231 Å². The minimum absolute atomic E-state index is 0.0769. The van der Waals surface area contributed by atoms with Gasteiger partial charge in [-0.3, -0.25) is 14.4 Å². The van der Waals surface area contributed by atoms with Crippen LogP contribution in [-0.2, 0) is 28.6 Å². The molecule has 0 radical (unpaired) electrons. The van der Waals surface area contributed by atoms with E-state index in [0.29, 0.717) is 19.3 Å². The van der Waals surface area contributed by atoms with Crippen LogP contribution in [0, 0.1) is 0 Å². The van der Waals surface area contributed by atoms with Gasteiger partial charge in [0, 0.05) is 19.3 Å². The zero-order valence-electron chi connectivity index (χ0n) is 44.2. The highest BCUT2D eigenvalue weighted by atomic mass is 16.6. The van der Waals surface area contributed by atoms with E-state index in [1.54, 1.807) is 0 Å². The second kappa shape index (κ2) is 55.2. The molecule has 386 valence electrons. The maximum Gasteiger partial charge on any atom is 0.306 e. The molecule has 0 spiro atoms. The van der Waals surface area contributed by atoms with Gasteiger partial charge in [-0.05, 0) is 96.3 Å². The normalized spacial score (nSPS) is 12.2. The molecular formula is C60H110O6. The molecule has 0 heterocycles. The van der Waals surface area contributed by atoms with Gasteiger partial charge in [0.25, 0.3) is 0 Å². The Morgan fingerprint density at radius 3 is 0.758 bits per heavy atom. The zero-order chi connectivity index (χ0) is 47.9. The van der Waals surface area contributed by atoms with E-state index >= 15 is 0 Å². The van der Waals surface area contributed by atoms with Gasteiger partial charge in [-0.25, -0.2) is 0 Å². The van der Waals surface area contributed by atoms with Gasteiger partial charge in [-0.15, -0.1) is 0 Å². The highest BCUT2D eigenvalue weighted by Gasteiger charge is 2.19. The van der Waals surface area contributed by atoms with Crippen LogP contribution in [0.3, 0.4) is 0 Å². The van der Waals surface area contributed by atoms with Crippen molar-refractivity contribution in [2.24, 2.45) is 0 Å². The first-order valence-electron chi connectivity index (χ1n) is 29.0. The molecule has 6 nitrogen and oxygen atoms in total. The number of allylic oxidation sites excluding steroid dienone is 6. The van der Waals surface area contributed by atoms with E-state index in [0.717, 1.165) is 70.6 Å². The maximum absolute atomic E-state index is 12.8. The summed E-state index contributed by atoms with van der Waals surface area (Å²) in [5.74, 6) is -0.881. The first-order valence-corrected chi connectivity index (χ1v) is 29.0. The standard InChI is InChI=1S/C60H110O6/c1-4-7-10-13-16-19-22-25-28-29-30-31-33-35-38-41-44-47-50-53-59(62)65-56-57(55-64-58(61)52-49-46-43-40-37-34-27-24-21-18-15-12-9-6-3)66-60(63)54-51-48-45-42-39-36-32-26-23-20-17-14-11-8-5-2/h24-28,32,57H,4-23,29-31,33-56H2,1-3H3/b27-24-,28-25-,32-26-/t57-/m1/s1. The minimum atomic E-state index is -0.779. The van der Waals surface area contributed by atoms with Crippen LogP contribution in [-0.4, -0.2) is 37.2 Å². The fraction of sp³-hybridized carbons (Fsp3) is 0.850. The number of unbranched alkanes of at least 4 members (excludes halogenated alkanes) is 36. The van der Waals surface area contributed by atoms with E-state index in [1.165, 1.54) is 199 Å². The topological polar surface area (TPSA) is 78.9 Å². The summed E-state index contributed by atoms with van der Waals surface area (Å²) in [6, 6.07) is 0. The molecular weight excluding hydrogens is 817 g/mol. The van der Waals surface area contributed by atoms with Crippen molar-refractivity contribution in [2.45, 2.75) is 316 Å². The van der Waals surface area contributed by atoms with Gasteiger partial charge >= 0.3 is 17.9 Å². The number of hydrogen-bond acceptors (Lipinski definition) is 6. The van der Waals surface area contributed by atoms with Gasteiger partial charge in [0.2, 0.25) is 0 Å². The quantitative estimate of drug-likeness (QED) is 0.0262. The van der Waals surface area contributed by atoms with Crippen molar-refractivity contribution in [1.82, 2.24) is 0 Å². The Bertz CT molecular complexity index is 1110. The SMILES string of the molecule is CCCCCCC/C=C\CCCCCCCC(=O)OC[C@H](COC(=O)CCCCCCCCCCC/C=C\CCCCCCCC)OC(=O)CCCCCCC/C=C\CCCCCCCC. The van der Waals surface area contributed by atoms with E-state index in [4.69, 9.17) is 14.2 Å². The van der Waals surface area contributed by atoms with Crippen molar-refractivity contribution in [3.05, 3.63) is 36.5 Å². The maximum atomic E-state index is 12.8. The first-order chi connectivity index (χ1) is 32.5. The van der Waals surface area contributed by atoms with Crippen LogP contribution < -0.4 is 0 Å². The highest BCUT2D eigenvalue weighted by Crippen LogP contribution is 2.16. The molecule has 0 fully saturated rings. The molecule has 6 heteroatoms. The Hall–Kier alpha value is -2.37. The van der Waals surface area contributed by atoms with Gasteiger partial charge in [0.15, 0.2) is 6.10 Å². The Balaban J connectivity index is 4.35. The van der Waals surface area contributed by atoms with Crippen molar-refractivity contribution < 1.29 is 28.6 Å². The molecule has 0 aliphatic carbocycles. The molecule has 0 aromatic carbocycles. The average Bonchev–Trinajstić information content (AvgIpc) is 3.31. The van der Waals surface area contributed by atoms with Crippen LogP contribution in [0.15, 0.2) is 36.5 Å². The van der Waals surface area contributed by atoms with Gasteiger partial charge in [-0.2, -0.15) is 0 Å². The predicted molar refractivity (Wildman–Crippen MR) is 284 cm³/mol. The summed E-state index contributed by atoms with van der Waals surface area (Å²) >= 11 is 0. The number of esters is 3. The number of carbonyl (C=O) groups is 3. The van der Waals surface area contributed by atoms with Gasteiger partial charge in [0.05, 0.1) is 0 Å². The lowest BCUT2D eigenvalue weighted by molar-refractivity contribution is -0.167. The molecule has 0 bridgehead atoms. The first kappa shape index (κ1) is 63.6. The summed E-state index contributed by atoms with van der Waals surface area (Å²) < 4.78 is 16.9. The van der Waals surface area contributed by atoms with Crippen molar-refractivity contribution in [3.8, 4) is 0 Å². The highest BCUT2D eigenvalue weighted by molar-refractivity contribution is 5.71. The summed E-state index contributed by atoms with van der Waals surface area (Å²) in [5, 5.41) is 0. The van der Waals surface area contributed by atoms with Crippen LogP contribution >= 0.6 is 0 Å². The number of hydrogen-bond donors (Lipinski definition) is 0. The molecule has 0 saturated heterocycles. The third kappa shape index (κ3) is 52.6. The van der Waals surface area contributed by atoms with E-state index in [-0.39, 0.29) is 31.1 Å². The third-order valence-electron chi connectivity index (χ3n) is 12.8. The largest absolute Gasteiger partial charge is 0.462 e. The van der Waals surface area contributed by atoms with Crippen molar-refractivity contribution in [3.63, 3.8) is 0 Å². The Kier molecular flexibility index (Phi) is 53.2. The molecule has 0 saturated carbocycles. The van der Waals surface area contributed by atoms with E-state index < -0.39 is 6.10 Å². The van der Waals surface area contributed by atoms with Crippen molar-refractivity contribution in [1.29, 1.82) is 0 Å². The third-order valence-corrected chi connectivity index (χ3v) is 12.8. The molecule has 0 aliphatic rings. The molecule has 0 N–H and O–H groups in total. The molecule has 66 heavy (non-hydrogen) atoms. The molecule has 0 rings (SSSR count). The van der Waals surface area contributed by atoms with E-state index in [2.05, 4.69) is 57.2 Å².